The van der Waals surface area contributed by atoms with Crippen LogP contribution in [0.2, 0.25) is 0 Å². The maximum atomic E-state index is 13.9. The molecule has 1 aliphatic rings. The summed E-state index contributed by atoms with van der Waals surface area (Å²) in [5.41, 5.74) is 3.66. The maximum Gasteiger partial charge on any atom is 0.407 e. The Morgan fingerprint density at radius 2 is 1.68 bits per heavy atom. The lowest BCUT2D eigenvalue weighted by Gasteiger charge is -2.20. The van der Waals surface area contributed by atoms with Gasteiger partial charge < -0.3 is 15.4 Å². The molecule has 0 aliphatic heterocycles. The van der Waals surface area contributed by atoms with Crippen LogP contribution >= 0.6 is 0 Å². The molecule has 8 nitrogen and oxygen atoms in total. The molecule has 2 amide bonds. The first-order chi connectivity index (χ1) is 16.4. The number of nitrogens with zero attached hydrogens (tertiary/aromatic N) is 1. The lowest BCUT2D eigenvalue weighted by Crippen LogP contribution is -2.34. The second kappa shape index (κ2) is 9.70. The molecule has 0 saturated heterocycles. The fourth-order valence-corrected chi connectivity index (χ4v) is 4.28. The Bertz CT molecular complexity index is 1220. The van der Waals surface area contributed by atoms with Gasteiger partial charge in [-0.3, -0.25) is 14.9 Å². The number of benzene rings is 3. The minimum Gasteiger partial charge on any atom is -0.449 e. The SMILES string of the molecule is CNC(=O)CC(NC(=O)OCC1c2ccccc2-c2ccccc21)c1cc(F)ccc1[N+](=O)[O-]. The molecular weight excluding hydrogens is 441 g/mol. The van der Waals surface area contributed by atoms with Gasteiger partial charge in [0.1, 0.15) is 12.4 Å². The topological polar surface area (TPSA) is 111 Å². The molecule has 3 aromatic rings. The zero-order chi connectivity index (χ0) is 24.2. The Morgan fingerprint density at radius 3 is 2.26 bits per heavy atom. The van der Waals surface area contributed by atoms with Gasteiger partial charge in [-0.1, -0.05) is 48.5 Å². The van der Waals surface area contributed by atoms with E-state index in [-0.39, 0.29) is 24.5 Å². The molecule has 0 spiro atoms. The van der Waals surface area contributed by atoms with Crippen LogP contribution in [0.4, 0.5) is 14.9 Å². The van der Waals surface area contributed by atoms with Crippen LogP contribution in [0.25, 0.3) is 11.1 Å². The van der Waals surface area contributed by atoms with E-state index in [1.54, 1.807) is 0 Å². The zero-order valence-corrected chi connectivity index (χ0v) is 18.3. The third kappa shape index (κ3) is 4.59. The summed E-state index contributed by atoms with van der Waals surface area (Å²) in [5, 5.41) is 16.4. The quantitative estimate of drug-likeness (QED) is 0.397. The summed E-state index contributed by atoms with van der Waals surface area (Å²) in [5.74, 6) is -1.39. The molecule has 0 aromatic heterocycles. The highest BCUT2D eigenvalue weighted by Gasteiger charge is 2.30. The van der Waals surface area contributed by atoms with Crippen LogP contribution in [0.15, 0.2) is 66.7 Å². The van der Waals surface area contributed by atoms with Crippen molar-refractivity contribution in [2.45, 2.75) is 18.4 Å². The second-order valence-corrected chi connectivity index (χ2v) is 7.86. The molecule has 2 N–H and O–H groups in total. The van der Waals surface area contributed by atoms with E-state index in [1.165, 1.54) is 7.05 Å². The molecule has 34 heavy (non-hydrogen) atoms. The van der Waals surface area contributed by atoms with Crippen LogP contribution in [-0.4, -0.2) is 30.6 Å². The first-order valence-electron chi connectivity index (χ1n) is 10.6. The molecule has 174 valence electrons. The van der Waals surface area contributed by atoms with Crippen LogP contribution in [-0.2, 0) is 9.53 Å². The molecule has 1 atom stereocenters. The van der Waals surface area contributed by atoms with Crippen LogP contribution in [0.1, 0.15) is 35.1 Å². The van der Waals surface area contributed by atoms with E-state index in [1.807, 2.05) is 48.5 Å². The van der Waals surface area contributed by atoms with Crippen molar-refractivity contribution < 1.29 is 23.6 Å². The van der Waals surface area contributed by atoms with Gasteiger partial charge in [0, 0.05) is 19.0 Å². The number of nitrogens with one attached hydrogen (secondary N) is 2. The Labute approximate surface area is 194 Å². The first kappa shape index (κ1) is 22.9. The van der Waals surface area contributed by atoms with Gasteiger partial charge in [0.25, 0.3) is 5.69 Å². The summed E-state index contributed by atoms with van der Waals surface area (Å²) >= 11 is 0. The number of alkyl carbamates (subject to hydrolysis) is 1. The molecule has 0 fully saturated rings. The Hall–Kier alpha value is -4.27. The highest BCUT2D eigenvalue weighted by molar-refractivity contribution is 5.80. The number of nitro groups is 1. The zero-order valence-electron chi connectivity index (χ0n) is 18.3. The van der Waals surface area contributed by atoms with Crippen molar-refractivity contribution in [3.63, 3.8) is 0 Å². The number of fused-ring (bicyclic) bond motifs is 3. The Kier molecular flexibility index (Phi) is 6.53. The van der Waals surface area contributed by atoms with Crippen molar-refractivity contribution in [2.75, 3.05) is 13.7 Å². The van der Waals surface area contributed by atoms with Gasteiger partial charge in [0.05, 0.1) is 22.9 Å². The van der Waals surface area contributed by atoms with E-state index in [2.05, 4.69) is 10.6 Å². The van der Waals surface area contributed by atoms with E-state index in [0.717, 1.165) is 40.5 Å². The summed E-state index contributed by atoms with van der Waals surface area (Å²) in [6, 6.07) is 17.4. The van der Waals surface area contributed by atoms with E-state index >= 15 is 0 Å². The molecule has 0 heterocycles. The van der Waals surface area contributed by atoms with Crippen molar-refractivity contribution in [3.8, 4) is 11.1 Å². The normalized spacial score (nSPS) is 12.9. The molecule has 0 saturated carbocycles. The van der Waals surface area contributed by atoms with Crippen molar-refractivity contribution in [2.24, 2.45) is 0 Å². The van der Waals surface area contributed by atoms with Gasteiger partial charge in [-0.25, -0.2) is 9.18 Å². The Balaban J connectivity index is 1.54. The summed E-state index contributed by atoms with van der Waals surface area (Å²) in [6.07, 6.45) is -1.19. The molecular formula is C25H22FN3O5. The number of hydrogen-bond donors (Lipinski definition) is 2. The minimum atomic E-state index is -1.16. The fraction of sp³-hybridized carbons (Fsp3) is 0.200. The third-order valence-corrected chi connectivity index (χ3v) is 5.87. The third-order valence-electron chi connectivity index (χ3n) is 5.87. The van der Waals surface area contributed by atoms with Crippen molar-refractivity contribution >= 4 is 17.7 Å². The lowest BCUT2D eigenvalue weighted by molar-refractivity contribution is -0.385. The molecule has 4 rings (SSSR count). The number of halogens is 1. The maximum absolute atomic E-state index is 13.9. The van der Waals surface area contributed by atoms with E-state index in [4.69, 9.17) is 4.74 Å². The average molecular weight is 463 g/mol. The Morgan fingerprint density at radius 1 is 1.06 bits per heavy atom. The summed E-state index contributed by atoms with van der Waals surface area (Å²) in [4.78, 5) is 35.5. The number of nitro benzene ring substituents is 1. The summed E-state index contributed by atoms with van der Waals surface area (Å²) in [7, 11) is 1.40. The van der Waals surface area contributed by atoms with Gasteiger partial charge in [-0.2, -0.15) is 0 Å². The van der Waals surface area contributed by atoms with E-state index in [0.29, 0.717) is 0 Å². The minimum absolute atomic E-state index is 0.0256. The van der Waals surface area contributed by atoms with Crippen molar-refractivity contribution in [3.05, 3.63) is 99.4 Å². The number of carbonyl (C=O) groups excluding carboxylic acids is 2. The number of ether oxygens (including phenoxy) is 1. The molecule has 9 heteroatoms. The van der Waals surface area contributed by atoms with Gasteiger partial charge in [0.2, 0.25) is 5.91 Å². The monoisotopic (exact) mass is 463 g/mol. The second-order valence-electron chi connectivity index (χ2n) is 7.86. The summed E-state index contributed by atoms with van der Waals surface area (Å²) in [6.45, 7) is 0.0256. The predicted octanol–water partition coefficient (Wildman–Crippen LogP) is 4.45. The molecule has 1 aliphatic carbocycles. The predicted molar refractivity (Wildman–Crippen MR) is 123 cm³/mol. The van der Waals surface area contributed by atoms with Crippen LogP contribution in [0.5, 0.6) is 0 Å². The van der Waals surface area contributed by atoms with Gasteiger partial charge in [-0.15, -0.1) is 0 Å². The van der Waals surface area contributed by atoms with E-state index < -0.39 is 34.5 Å². The number of rotatable bonds is 7. The van der Waals surface area contributed by atoms with Gasteiger partial charge >= 0.3 is 6.09 Å². The average Bonchev–Trinajstić information content (AvgIpc) is 3.15. The number of carbonyl (C=O) groups is 2. The van der Waals surface area contributed by atoms with Crippen LogP contribution in [0.3, 0.4) is 0 Å². The van der Waals surface area contributed by atoms with Crippen LogP contribution in [0, 0.1) is 15.9 Å². The van der Waals surface area contributed by atoms with E-state index in [9.17, 15) is 24.1 Å². The number of hydrogen-bond acceptors (Lipinski definition) is 5. The standard InChI is InChI=1S/C25H22FN3O5/c1-27-24(30)13-22(20-12-15(26)10-11-23(20)29(32)33)28-25(31)34-14-21-18-8-4-2-6-16(18)17-7-3-5-9-19(17)21/h2-12,21-22H,13-14H2,1H3,(H,27,30)(H,28,31). The lowest BCUT2D eigenvalue weighted by atomic mass is 9.98. The van der Waals surface area contributed by atoms with Gasteiger partial charge in [0.15, 0.2) is 0 Å². The smallest absolute Gasteiger partial charge is 0.407 e. The number of amides is 2. The summed E-state index contributed by atoms with van der Waals surface area (Å²) < 4.78 is 19.4. The highest BCUT2D eigenvalue weighted by atomic mass is 19.1. The first-order valence-corrected chi connectivity index (χ1v) is 10.6. The van der Waals surface area contributed by atoms with Gasteiger partial charge in [-0.05, 0) is 34.4 Å². The molecule has 0 radical (unpaired) electrons. The fourth-order valence-electron chi connectivity index (χ4n) is 4.28. The van der Waals surface area contributed by atoms with Crippen molar-refractivity contribution in [1.82, 2.24) is 10.6 Å². The molecule has 3 aromatic carbocycles. The van der Waals surface area contributed by atoms with Crippen molar-refractivity contribution in [1.29, 1.82) is 0 Å². The van der Waals surface area contributed by atoms with Crippen LogP contribution < -0.4 is 10.6 Å². The molecule has 1 unspecified atom stereocenters. The highest BCUT2D eigenvalue weighted by Crippen LogP contribution is 2.44. The molecule has 0 bridgehead atoms. The largest absolute Gasteiger partial charge is 0.449 e.